The van der Waals surface area contributed by atoms with Gasteiger partial charge in [-0.3, -0.25) is 9.59 Å². The van der Waals surface area contributed by atoms with E-state index in [9.17, 15) is 9.59 Å². The molecule has 2 aliphatic heterocycles. The molecule has 3 aromatic carbocycles. The molecule has 0 saturated carbocycles. The summed E-state index contributed by atoms with van der Waals surface area (Å²) in [5.74, 6) is -0.517. The Morgan fingerprint density at radius 3 is 2.19 bits per heavy atom. The fourth-order valence-electron chi connectivity index (χ4n) is 4.71. The third kappa shape index (κ3) is 2.98. The lowest BCUT2D eigenvalue weighted by atomic mass is 9.97. The first kappa shape index (κ1) is 19.3. The van der Waals surface area contributed by atoms with Gasteiger partial charge in [-0.15, -0.1) is 0 Å². The topological polar surface area (TPSA) is 40.6 Å². The van der Waals surface area contributed by atoms with Crippen LogP contribution in [0.25, 0.3) is 5.57 Å². The molecule has 154 valence electrons. The van der Waals surface area contributed by atoms with Gasteiger partial charge in [-0.1, -0.05) is 60.2 Å². The van der Waals surface area contributed by atoms with E-state index in [1.165, 1.54) is 10.5 Å². The normalized spacial score (nSPS) is 15.8. The van der Waals surface area contributed by atoms with Crippen molar-refractivity contribution in [2.24, 2.45) is 0 Å². The van der Waals surface area contributed by atoms with Crippen molar-refractivity contribution in [2.45, 2.75) is 27.2 Å². The number of hydrogen-bond acceptors (Lipinski definition) is 3. The third-order valence-electron chi connectivity index (χ3n) is 6.22. The van der Waals surface area contributed by atoms with Crippen LogP contribution in [0.2, 0.25) is 0 Å². The van der Waals surface area contributed by atoms with Gasteiger partial charge in [0.15, 0.2) is 0 Å². The third-order valence-corrected chi connectivity index (χ3v) is 6.22. The predicted octanol–water partition coefficient (Wildman–Crippen LogP) is 4.96. The minimum absolute atomic E-state index is 0.258. The first-order valence-electron chi connectivity index (χ1n) is 10.6. The Morgan fingerprint density at radius 2 is 1.45 bits per heavy atom. The van der Waals surface area contributed by atoms with Crippen LogP contribution in [-0.2, 0) is 16.0 Å². The number of aryl methyl sites for hydroxylation is 3. The Labute approximate surface area is 182 Å². The number of anilines is 2. The molecule has 3 aromatic rings. The summed E-state index contributed by atoms with van der Waals surface area (Å²) in [6.07, 6.45) is 0.853. The van der Waals surface area contributed by atoms with E-state index in [0.717, 1.165) is 34.4 Å². The molecule has 4 heteroatoms. The van der Waals surface area contributed by atoms with Crippen molar-refractivity contribution < 1.29 is 9.59 Å². The van der Waals surface area contributed by atoms with E-state index in [1.807, 2.05) is 80.3 Å². The summed E-state index contributed by atoms with van der Waals surface area (Å²) in [5, 5.41) is 0. The Hall–Kier alpha value is -3.66. The summed E-state index contributed by atoms with van der Waals surface area (Å²) in [6.45, 7) is 6.64. The molecule has 0 aromatic heterocycles. The van der Waals surface area contributed by atoms with Crippen LogP contribution in [0.3, 0.4) is 0 Å². The molecule has 2 aliphatic rings. The van der Waals surface area contributed by atoms with Crippen LogP contribution >= 0.6 is 0 Å². The average Bonchev–Trinajstić information content (AvgIpc) is 3.27. The summed E-state index contributed by atoms with van der Waals surface area (Å²) in [7, 11) is 0. The number of para-hydroxylation sites is 2. The van der Waals surface area contributed by atoms with Crippen molar-refractivity contribution in [3.63, 3.8) is 0 Å². The number of fused-ring (bicyclic) bond motifs is 1. The number of nitrogens with zero attached hydrogens (tertiary/aromatic N) is 2. The maximum absolute atomic E-state index is 13.8. The van der Waals surface area contributed by atoms with Gasteiger partial charge in [0.1, 0.15) is 5.70 Å². The number of hydrogen-bond donors (Lipinski definition) is 0. The summed E-state index contributed by atoms with van der Waals surface area (Å²) in [6, 6.07) is 21.7. The average molecular weight is 409 g/mol. The zero-order valence-electron chi connectivity index (χ0n) is 18.0. The minimum Gasteiger partial charge on any atom is -0.336 e. The highest BCUT2D eigenvalue weighted by molar-refractivity contribution is 6.46. The molecular weight excluding hydrogens is 384 g/mol. The lowest BCUT2D eigenvalue weighted by Gasteiger charge is -2.22. The number of rotatable bonds is 3. The van der Waals surface area contributed by atoms with Gasteiger partial charge in [-0.05, 0) is 61.6 Å². The standard InChI is InChI=1S/C27H24N2O2/c1-17-12-13-21(19(3)16-17)24-25(28-15-14-20-9-5-7-11-23(20)28)27(31)29(26(24)30)22-10-6-4-8-18(22)2/h4-13,16H,14-15H2,1-3H3. The van der Waals surface area contributed by atoms with Crippen molar-refractivity contribution in [3.8, 4) is 0 Å². The lowest BCUT2D eigenvalue weighted by Crippen LogP contribution is -2.35. The maximum atomic E-state index is 13.8. The van der Waals surface area contributed by atoms with Crippen LogP contribution in [0.1, 0.15) is 27.8 Å². The quantitative estimate of drug-likeness (QED) is 0.575. The number of imide groups is 1. The monoisotopic (exact) mass is 408 g/mol. The van der Waals surface area contributed by atoms with Crippen molar-refractivity contribution in [1.82, 2.24) is 0 Å². The second-order valence-corrected chi connectivity index (χ2v) is 8.30. The maximum Gasteiger partial charge on any atom is 0.282 e. The van der Waals surface area contributed by atoms with Crippen LogP contribution in [0.5, 0.6) is 0 Å². The second kappa shape index (κ2) is 7.24. The Morgan fingerprint density at radius 1 is 0.742 bits per heavy atom. The molecule has 0 atom stereocenters. The molecule has 0 bridgehead atoms. The van der Waals surface area contributed by atoms with Gasteiger partial charge in [0.25, 0.3) is 11.8 Å². The highest BCUT2D eigenvalue weighted by Crippen LogP contribution is 2.41. The van der Waals surface area contributed by atoms with Gasteiger partial charge < -0.3 is 4.90 Å². The minimum atomic E-state index is -0.259. The fourth-order valence-corrected chi connectivity index (χ4v) is 4.71. The molecule has 4 nitrogen and oxygen atoms in total. The first-order valence-corrected chi connectivity index (χ1v) is 10.6. The van der Waals surface area contributed by atoms with E-state index in [1.54, 1.807) is 0 Å². The van der Waals surface area contributed by atoms with E-state index < -0.39 is 0 Å². The molecule has 0 saturated heterocycles. The van der Waals surface area contributed by atoms with E-state index in [0.29, 0.717) is 23.5 Å². The van der Waals surface area contributed by atoms with Crippen LogP contribution in [-0.4, -0.2) is 18.4 Å². The molecule has 0 radical (unpaired) electrons. The SMILES string of the molecule is Cc1ccc(C2=C(N3CCc4ccccc43)C(=O)N(c3ccccc3C)C2=O)c(C)c1. The molecule has 0 N–H and O–H groups in total. The van der Waals surface area contributed by atoms with E-state index in [2.05, 4.69) is 12.1 Å². The number of carbonyl (C=O) groups excluding carboxylic acids is 2. The Balaban J connectivity index is 1.73. The molecule has 2 amide bonds. The zero-order chi connectivity index (χ0) is 21.7. The molecule has 0 aliphatic carbocycles. The first-order chi connectivity index (χ1) is 15.0. The molecular formula is C27H24N2O2. The second-order valence-electron chi connectivity index (χ2n) is 8.30. The molecule has 0 spiro atoms. The van der Waals surface area contributed by atoms with Gasteiger partial charge >= 0.3 is 0 Å². The van der Waals surface area contributed by atoms with Crippen molar-refractivity contribution in [2.75, 3.05) is 16.3 Å². The van der Waals surface area contributed by atoms with Crippen LogP contribution in [0.4, 0.5) is 11.4 Å². The van der Waals surface area contributed by atoms with Crippen molar-refractivity contribution in [3.05, 3.63) is 100 Å². The smallest absolute Gasteiger partial charge is 0.282 e. The van der Waals surface area contributed by atoms with Gasteiger partial charge in [-0.2, -0.15) is 0 Å². The van der Waals surface area contributed by atoms with Gasteiger partial charge in [-0.25, -0.2) is 4.90 Å². The van der Waals surface area contributed by atoms with Crippen LogP contribution in [0, 0.1) is 20.8 Å². The summed E-state index contributed by atoms with van der Waals surface area (Å²) in [4.78, 5) is 31.0. The fraction of sp³-hybridized carbons (Fsp3) is 0.185. The van der Waals surface area contributed by atoms with Gasteiger partial charge in [0, 0.05) is 12.2 Å². The Kier molecular flexibility index (Phi) is 4.51. The Bertz CT molecular complexity index is 1270. The number of benzene rings is 3. The molecule has 2 heterocycles. The van der Waals surface area contributed by atoms with E-state index >= 15 is 0 Å². The molecule has 5 rings (SSSR count). The lowest BCUT2D eigenvalue weighted by molar-refractivity contribution is -0.120. The number of carbonyl (C=O) groups is 2. The highest BCUT2D eigenvalue weighted by atomic mass is 16.2. The van der Waals surface area contributed by atoms with E-state index in [-0.39, 0.29) is 11.8 Å². The number of amides is 2. The van der Waals surface area contributed by atoms with Crippen molar-refractivity contribution in [1.29, 1.82) is 0 Å². The molecule has 0 fully saturated rings. The molecule has 0 unspecified atom stereocenters. The van der Waals surface area contributed by atoms with Crippen LogP contribution < -0.4 is 9.80 Å². The zero-order valence-corrected chi connectivity index (χ0v) is 18.0. The van der Waals surface area contributed by atoms with E-state index in [4.69, 9.17) is 0 Å². The van der Waals surface area contributed by atoms with Crippen molar-refractivity contribution >= 4 is 28.8 Å². The predicted molar refractivity (Wildman–Crippen MR) is 124 cm³/mol. The summed E-state index contributed by atoms with van der Waals surface area (Å²) >= 11 is 0. The summed E-state index contributed by atoms with van der Waals surface area (Å²) in [5.41, 5.74) is 7.65. The molecule has 31 heavy (non-hydrogen) atoms. The van der Waals surface area contributed by atoms with Gasteiger partial charge in [0.2, 0.25) is 0 Å². The van der Waals surface area contributed by atoms with Crippen LogP contribution in [0.15, 0.2) is 72.4 Å². The summed E-state index contributed by atoms with van der Waals surface area (Å²) < 4.78 is 0. The van der Waals surface area contributed by atoms with Gasteiger partial charge in [0.05, 0.1) is 11.3 Å². The largest absolute Gasteiger partial charge is 0.336 e. The highest BCUT2D eigenvalue weighted by Gasteiger charge is 2.44.